The van der Waals surface area contributed by atoms with Crippen LogP contribution >= 0.6 is 0 Å². The highest BCUT2D eigenvalue weighted by atomic mass is 32.2. The molecule has 2 heterocycles. The van der Waals surface area contributed by atoms with Gasteiger partial charge in [-0.05, 0) is 36.6 Å². The number of aryl methyl sites for hydroxylation is 2. The summed E-state index contributed by atoms with van der Waals surface area (Å²) >= 11 is 0. The Kier molecular flexibility index (Phi) is 5.70. The minimum atomic E-state index is -3.79. The van der Waals surface area contributed by atoms with E-state index < -0.39 is 10.0 Å². The lowest BCUT2D eigenvalue weighted by atomic mass is 10.0. The van der Waals surface area contributed by atoms with Crippen molar-refractivity contribution in [2.45, 2.75) is 38.1 Å². The largest absolute Gasteiger partial charge is 0.310 e. The van der Waals surface area contributed by atoms with Crippen molar-refractivity contribution in [1.82, 2.24) is 14.1 Å². The van der Waals surface area contributed by atoms with Crippen LogP contribution in [0.15, 0.2) is 53.4 Å². The van der Waals surface area contributed by atoms with E-state index in [1.165, 1.54) is 8.99 Å². The van der Waals surface area contributed by atoms with Gasteiger partial charge in [0.1, 0.15) is 5.82 Å². The number of sulfonamides is 1. The first-order valence-corrected chi connectivity index (χ1v) is 11.7. The molecular weight excluding hydrogens is 428 g/mol. The van der Waals surface area contributed by atoms with Crippen molar-refractivity contribution in [3.8, 4) is 11.1 Å². The first-order chi connectivity index (χ1) is 15.2. The van der Waals surface area contributed by atoms with Crippen molar-refractivity contribution in [2.24, 2.45) is 0 Å². The fourth-order valence-corrected chi connectivity index (χ4v) is 5.22. The molecule has 0 fully saturated rings. The van der Waals surface area contributed by atoms with E-state index in [0.717, 1.165) is 5.56 Å². The Morgan fingerprint density at radius 2 is 1.78 bits per heavy atom. The van der Waals surface area contributed by atoms with Crippen LogP contribution in [0.25, 0.3) is 11.1 Å². The monoisotopic (exact) mass is 452 g/mol. The van der Waals surface area contributed by atoms with Crippen LogP contribution in [0.5, 0.6) is 0 Å². The van der Waals surface area contributed by atoms with Crippen LogP contribution < -0.4 is 5.32 Å². The van der Waals surface area contributed by atoms with Gasteiger partial charge in [-0.1, -0.05) is 42.5 Å². The second-order valence-corrected chi connectivity index (χ2v) is 9.90. The molecule has 1 aliphatic heterocycles. The summed E-state index contributed by atoms with van der Waals surface area (Å²) in [6.07, 6.45) is 0.149. The molecule has 4 rings (SSSR count). The minimum absolute atomic E-state index is 0.0667. The number of anilines is 1. The van der Waals surface area contributed by atoms with Crippen molar-refractivity contribution in [2.75, 3.05) is 12.4 Å². The summed E-state index contributed by atoms with van der Waals surface area (Å²) in [7, 11) is -2.25. The Labute approximate surface area is 186 Å². The Morgan fingerprint density at radius 3 is 2.50 bits per heavy atom. The Hall–Kier alpha value is -3.30. The average Bonchev–Trinajstić information content (AvgIpc) is 3.01. The fraction of sp³-hybridized carbons (Fsp3) is 0.261. The van der Waals surface area contributed by atoms with Crippen LogP contribution in [0.2, 0.25) is 0 Å². The molecule has 1 amide bonds. The topological polar surface area (TPSA) is 101 Å². The van der Waals surface area contributed by atoms with E-state index in [2.05, 4.69) is 10.4 Å². The summed E-state index contributed by atoms with van der Waals surface area (Å²) in [5.74, 6) is -0.282. The van der Waals surface area contributed by atoms with E-state index in [-0.39, 0.29) is 41.9 Å². The fourth-order valence-electron chi connectivity index (χ4n) is 3.82. The highest BCUT2D eigenvalue weighted by molar-refractivity contribution is 7.89. The molecule has 1 aromatic heterocycles. The number of benzene rings is 2. The molecule has 0 aliphatic carbocycles. The molecular formula is C23H24N4O4S. The quantitative estimate of drug-likeness (QED) is 0.640. The predicted molar refractivity (Wildman–Crippen MR) is 121 cm³/mol. The first kappa shape index (κ1) is 21.9. The average molecular weight is 453 g/mol. The molecule has 8 nitrogen and oxygen atoms in total. The molecule has 0 atom stereocenters. The summed E-state index contributed by atoms with van der Waals surface area (Å²) in [4.78, 5) is 24.7. The maximum Gasteiger partial charge on any atom is 0.249 e. The number of hydrogen-bond acceptors (Lipinski definition) is 5. The molecule has 0 radical (unpaired) electrons. The van der Waals surface area contributed by atoms with E-state index >= 15 is 0 Å². The number of carbonyl (C=O) groups is 2. The van der Waals surface area contributed by atoms with Crippen LogP contribution in [0, 0.1) is 13.8 Å². The highest BCUT2D eigenvalue weighted by Crippen LogP contribution is 2.35. The standard InChI is InChI=1S/C23H24N4O4S/c1-15-9-10-18(22-16(2)25-27-21(29)12-11-20(28)24-23(22)27)13-19(15)32(30,31)26(3)14-17-7-5-4-6-8-17/h4-10,13H,11-12,14H2,1-3H3,(H,24,28). The van der Waals surface area contributed by atoms with E-state index in [4.69, 9.17) is 0 Å². The van der Waals surface area contributed by atoms with Gasteiger partial charge in [0.25, 0.3) is 0 Å². The van der Waals surface area contributed by atoms with Crippen molar-refractivity contribution < 1.29 is 18.0 Å². The van der Waals surface area contributed by atoms with Crippen LogP contribution in [0.3, 0.4) is 0 Å². The number of nitrogens with zero attached hydrogens (tertiary/aromatic N) is 3. The number of amides is 1. The van der Waals surface area contributed by atoms with Gasteiger partial charge in [-0.2, -0.15) is 14.1 Å². The van der Waals surface area contributed by atoms with Gasteiger partial charge in [0.05, 0.1) is 10.6 Å². The van der Waals surface area contributed by atoms with Gasteiger partial charge in [0.2, 0.25) is 21.8 Å². The third-order valence-electron chi connectivity index (χ3n) is 5.53. The Morgan fingerprint density at radius 1 is 1.06 bits per heavy atom. The maximum absolute atomic E-state index is 13.4. The smallest absolute Gasteiger partial charge is 0.249 e. The molecule has 3 aromatic rings. The lowest BCUT2D eigenvalue weighted by Gasteiger charge is -2.19. The van der Waals surface area contributed by atoms with Crippen LogP contribution in [0.4, 0.5) is 5.82 Å². The number of carbonyl (C=O) groups excluding carboxylic acids is 2. The summed E-state index contributed by atoms with van der Waals surface area (Å²) in [5.41, 5.74) is 3.11. The Balaban J connectivity index is 1.77. The molecule has 9 heteroatoms. The summed E-state index contributed by atoms with van der Waals surface area (Å²) in [6.45, 7) is 3.70. The maximum atomic E-state index is 13.4. The zero-order chi connectivity index (χ0) is 23.0. The molecule has 166 valence electrons. The SMILES string of the molecule is Cc1ccc(-c2c(C)nn3c2NC(=O)CCC3=O)cc1S(=O)(=O)N(C)Cc1ccccc1. The molecule has 0 spiro atoms. The van der Waals surface area contributed by atoms with E-state index in [1.807, 2.05) is 30.3 Å². The molecule has 0 unspecified atom stereocenters. The van der Waals surface area contributed by atoms with Gasteiger partial charge < -0.3 is 5.32 Å². The number of hydrogen-bond donors (Lipinski definition) is 1. The predicted octanol–water partition coefficient (Wildman–Crippen LogP) is 3.36. The van der Waals surface area contributed by atoms with Crippen LogP contribution in [0.1, 0.15) is 34.5 Å². The van der Waals surface area contributed by atoms with Crippen LogP contribution in [-0.4, -0.2) is 41.4 Å². The third kappa shape index (κ3) is 3.96. The number of rotatable bonds is 5. The lowest BCUT2D eigenvalue weighted by molar-refractivity contribution is -0.116. The lowest BCUT2D eigenvalue weighted by Crippen LogP contribution is -2.27. The van der Waals surface area contributed by atoms with Crippen molar-refractivity contribution in [3.05, 3.63) is 65.4 Å². The van der Waals surface area contributed by atoms with E-state index in [9.17, 15) is 18.0 Å². The van der Waals surface area contributed by atoms with Gasteiger partial charge in [0.15, 0.2) is 0 Å². The van der Waals surface area contributed by atoms with Gasteiger partial charge in [0, 0.05) is 32.0 Å². The zero-order valence-corrected chi connectivity index (χ0v) is 18.9. The molecule has 2 aromatic carbocycles. The molecule has 0 saturated heterocycles. The minimum Gasteiger partial charge on any atom is -0.310 e. The molecule has 32 heavy (non-hydrogen) atoms. The van der Waals surface area contributed by atoms with E-state index in [0.29, 0.717) is 22.4 Å². The van der Waals surface area contributed by atoms with Crippen molar-refractivity contribution in [3.63, 3.8) is 0 Å². The zero-order valence-electron chi connectivity index (χ0n) is 18.1. The number of nitrogens with one attached hydrogen (secondary N) is 1. The van der Waals surface area contributed by atoms with Gasteiger partial charge in [-0.25, -0.2) is 8.42 Å². The molecule has 0 saturated carbocycles. The summed E-state index contributed by atoms with van der Waals surface area (Å²) in [6, 6.07) is 14.4. The second-order valence-electron chi connectivity index (χ2n) is 7.89. The van der Waals surface area contributed by atoms with Crippen molar-refractivity contribution in [1.29, 1.82) is 0 Å². The van der Waals surface area contributed by atoms with E-state index in [1.54, 1.807) is 39.1 Å². The summed E-state index contributed by atoms with van der Waals surface area (Å²) < 4.78 is 29.3. The molecule has 1 aliphatic rings. The van der Waals surface area contributed by atoms with Crippen LogP contribution in [-0.2, 0) is 21.4 Å². The second kappa shape index (κ2) is 8.33. The Bertz CT molecular complexity index is 1310. The number of aromatic nitrogens is 2. The normalized spacial score (nSPS) is 14.2. The number of fused-ring (bicyclic) bond motifs is 1. The molecule has 1 N–H and O–H groups in total. The third-order valence-corrected chi connectivity index (χ3v) is 7.48. The highest BCUT2D eigenvalue weighted by Gasteiger charge is 2.28. The van der Waals surface area contributed by atoms with Gasteiger partial charge in [-0.3, -0.25) is 9.59 Å². The van der Waals surface area contributed by atoms with Gasteiger partial charge in [-0.15, -0.1) is 0 Å². The first-order valence-electron chi connectivity index (χ1n) is 10.2. The van der Waals surface area contributed by atoms with Gasteiger partial charge >= 0.3 is 0 Å². The summed E-state index contributed by atoms with van der Waals surface area (Å²) in [5, 5.41) is 7.05. The van der Waals surface area contributed by atoms with Crippen molar-refractivity contribution >= 4 is 27.7 Å². The molecule has 0 bridgehead atoms.